The van der Waals surface area contributed by atoms with E-state index in [0.717, 1.165) is 16.9 Å². The predicted octanol–water partition coefficient (Wildman–Crippen LogP) is 5.30. The monoisotopic (exact) mass is 346 g/mol. The summed E-state index contributed by atoms with van der Waals surface area (Å²) in [5, 5.41) is 0. The van der Waals surface area contributed by atoms with Gasteiger partial charge in [-0.3, -0.25) is 9.78 Å². The Morgan fingerprint density at radius 2 is 1.69 bits per heavy atom. The fourth-order valence-electron chi connectivity index (χ4n) is 3.11. The van der Waals surface area contributed by atoms with Crippen molar-refractivity contribution in [3.63, 3.8) is 0 Å². The van der Waals surface area contributed by atoms with Gasteiger partial charge in [-0.05, 0) is 41.3 Å². The third-order valence-electron chi connectivity index (χ3n) is 4.76. The van der Waals surface area contributed by atoms with Crippen LogP contribution in [-0.4, -0.2) is 15.3 Å². The molecule has 0 fully saturated rings. The zero-order valence-corrected chi connectivity index (χ0v) is 15.7. The lowest BCUT2D eigenvalue weighted by molar-refractivity contribution is -0.118. The summed E-state index contributed by atoms with van der Waals surface area (Å²) in [4.78, 5) is 17.0. The molecule has 0 aliphatic rings. The lowest BCUT2D eigenvalue weighted by Crippen LogP contribution is -2.09. The predicted molar refractivity (Wildman–Crippen MR) is 106 cm³/mol. The molecular weight excluding hydrogens is 320 g/mol. The van der Waals surface area contributed by atoms with Gasteiger partial charge in [-0.1, -0.05) is 45.0 Å². The maximum atomic E-state index is 12.4. The molecule has 3 heteroatoms. The fraction of sp³-hybridized carbons (Fsp3) is 0.304. The van der Waals surface area contributed by atoms with Gasteiger partial charge in [0.25, 0.3) is 0 Å². The molecule has 3 rings (SSSR count). The molecule has 0 N–H and O–H groups in total. The molecule has 1 atom stereocenters. The van der Waals surface area contributed by atoms with Gasteiger partial charge in [0, 0.05) is 36.8 Å². The number of hydrogen-bond acceptors (Lipinski definition) is 2. The number of nitrogens with zero attached hydrogens (tertiary/aromatic N) is 2. The van der Waals surface area contributed by atoms with Crippen LogP contribution in [0.1, 0.15) is 55.8 Å². The highest BCUT2D eigenvalue weighted by Gasteiger charge is 2.13. The number of carbonyl (C=O) groups is 1. The molecule has 0 aliphatic carbocycles. The van der Waals surface area contributed by atoms with Crippen LogP contribution in [0.15, 0.2) is 67.1 Å². The number of Topliss-reactive ketones (excluding diaryl/α,β-unsaturated/α-hetero) is 1. The summed E-state index contributed by atoms with van der Waals surface area (Å²) in [6.07, 6.45) is 6.86. The number of hydrogen-bond donors (Lipinski definition) is 0. The summed E-state index contributed by atoms with van der Waals surface area (Å²) in [6, 6.07) is 16.4. The highest BCUT2D eigenvalue weighted by Crippen LogP contribution is 2.20. The van der Waals surface area contributed by atoms with Crippen molar-refractivity contribution in [2.24, 2.45) is 0 Å². The molecule has 0 spiro atoms. The molecule has 3 nitrogen and oxygen atoms in total. The fourth-order valence-corrected chi connectivity index (χ4v) is 3.11. The van der Waals surface area contributed by atoms with Gasteiger partial charge in [-0.25, -0.2) is 0 Å². The average molecular weight is 346 g/mol. The molecule has 1 aromatic carbocycles. The normalized spacial score (nSPS) is 12.3. The van der Waals surface area contributed by atoms with E-state index in [1.807, 2.05) is 47.4 Å². The van der Waals surface area contributed by atoms with Gasteiger partial charge in [-0.15, -0.1) is 0 Å². The average Bonchev–Trinajstić information content (AvgIpc) is 3.17. The zero-order chi connectivity index (χ0) is 18.5. The van der Waals surface area contributed by atoms with Crippen LogP contribution in [0.5, 0.6) is 0 Å². The number of pyridine rings is 1. The SMILES string of the molecule is CC(C)c1ccc(CC(=O)C[C@H](C)c2ccc(-n3cccc3)cn2)cc1. The minimum absolute atomic E-state index is 0.121. The maximum absolute atomic E-state index is 12.4. The van der Waals surface area contributed by atoms with Crippen molar-refractivity contribution in [1.29, 1.82) is 0 Å². The minimum Gasteiger partial charge on any atom is -0.322 e. The second-order valence-corrected chi connectivity index (χ2v) is 7.25. The van der Waals surface area contributed by atoms with Gasteiger partial charge in [0.05, 0.1) is 11.9 Å². The summed E-state index contributed by atoms with van der Waals surface area (Å²) < 4.78 is 2.02. The molecule has 0 unspecified atom stereocenters. The third-order valence-corrected chi connectivity index (χ3v) is 4.76. The summed E-state index contributed by atoms with van der Waals surface area (Å²) >= 11 is 0. The quantitative estimate of drug-likeness (QED) is 0.582. The first-order valence-electron chi connectivity index (χ1n) is 9.22. The Balaban J connectivity index is 1.58. The number of aromatic nitrogens is 2. The van der Waals surface area contributed by atoms with E-state index >= 15 is 0 Å². The molecule has 134 valence electrons. The molecule has 0 aliphatic heterocycles. The second-order valence-electron chi connectivity index (χ2n) is 7.25. The Labute approximate surface area is 155 Å². The van der Waals surface area contributed by atoms with Gasteiger partial charge in [-0.2, -0.15) is 0 Å². The lowest BCUT2D eigenvalue weighted by Gasteiger charge is -2.12. The Morgan fingerprint density at radius 1 is 1.00 bits per heavy atom. The van der Waals surface area contributed by atoms with Crippen molar-refractivity contribution in [2.75, 3.05) is 0 Å². The van der Waals surface area contributed by atoms with Crippen LogP contribution >= 0.6 is 0 Å². The van der Waals surface area contributed by atoms with Crippen LogP contribution in [0.2, 0.25) is 0 Å². The zero-order valence-electron chi connectivity index (χ0n) is 15.7. The largest absolute Gasteiger partial charge is 0.322 e. The summed E-state index contributed by atoms with van der Waals surface area (Å²) in [5.41, 5.74) is 4.39. The van der Waals surface area contributed by atoms with Crippen molar-refractivity contribution in [3.05, 3.63) is 83.9 Å². The molecule has 0 radical (unpaired) electrons. The van der Waals surface area contributed by atoms with Crippen molar-refractivity contribution in [1.82, 2.24) is 9.55 Å². The molecule has 2 heterocycles. The first-order chi connectivity index (χ1) is 12.5. The third kappa shape index (κ3) is 4.48. The first-order valence-corrected chi connectivity index (χ1v) is 9.22. The number of carbonyl (C=O) groups excluding carboxylic acids is 1. The van der Waals surface area contributed by atoms with Crippen molar-refractivity contribution in [2.45, 2.75) is 45.4 Å². The Bertz CT molecular complexity index is 831. The minimum atomic E-state index is 0.121. The molecular formula is C23H26N2O. The van der Waals surface area contributed by atoms with E-state index in [4.69, 9.17) is 0 Å². The van der Waals surface area contributed by atoms with Crippen molar-refractivity contribution in [3.8, 4) is 5.69 Å². The first kappa shape index (κ1) is 18.1. The Morgan fingerprint density at radius 3 is 2.27 bits per heavy atom. The van der Waals surface area contributed by atoms with Crippen LogP contribution in [-0.2, 0) is 11.2 Å². The van der Waals surface area contributed by atoms with E-state index in [-0.39, 0.29) is 11.7 Å². The van der Waals surface area contributed by atoms with Gasteiger partial charge in [0.15, 0.2) is 0 Å². The van der Waals surface area contributed by atoms with Crippen LogP contribution in [0.4, 0.5) is 0 Å². The Hall–Kier alpha value is -2.68. The van der Waals surface area contributed by atoms with Crippen LogP contribution in [0.3, 0.4) is 0 Å². The van der Waals surface area contributed by atoms with E-state index in [0.29, 0.717) is 18.8 Å². The molecule has 0 bridgehead atoms. The maximum Gasteiger partial charge on any atom is 0.137 e. The summed E-state index contributed by atoms with van der Waals surface area (Å²) in [7, 11) is 0. The second kappa shape index (κ2) is 8.13. The summed E-state index contributed by atoms with van der Waals surface area (Å²) in [6.45, 7) is 6.42. The van der Waals surface area contributed by atoms with Crippen LogP contribution in [0.25, 0.3) is 5.69 Å². The summed E-state index contributed by atoms with van der Waals surface area (Å²) in [5.74, 6) is 0.891. The molecule has 0 saturated heterocycles. The highest BCUT2D eigenvalue weighted by molar-refractivity contribution is 5.81. The van der Waals surface area contributed by atoms with E-state index in [1.54, 1.807) is 0 Å². The van der Waals surface area contributed by atoms with E-state index < -0.39 is 0 Å². The molecule has 26 heavy (non-hydrogen) atoms. The smallest absolute Gasteiger partial charge is 0.137 e. The molecule has 3 aromatic rings. The van der Waals surface area contributed by atoms with Gasteiger partial charge in [0.2, 0.25) is 0 Å². The van der Waals surface area contributed by atoms with E-state index in [2.05, 4.69) is 50.0 Å². The highest BCUT2D eigenvalue weighted by atomic mass is 16.1. The molecule has 0 amide bonds. The number of ketones is 1. The van der Waals surface area contributed by atoms with Crippen LogP contribution in [0, 0.1) is 0 Å². The van der Waals surface area contributed by atoms with E-state index in [9.17, 15) is 4.79 Å². The van der Waals surface area contributed by atoms with Gasteiger partial charge < -0.3 is 4.57 Å². The van der Waals surface area contributed by atoms with E-state index in [1.165, 1.54) is 5.56 Å². The molecule has 2 aromatic heterocycles. The Kier molecular flexibility index (Phi) is 5.67. The number of benzene rings is 1. The molecule has 0 saturated carbocycles. The number of rotatable bonds is 7. The van der Waals surface area contributed by atoms with Crippen LogP contribution < -0.4 is 0 Å². The van der Waals surface area contributed by atoms with Gasteiger partial charge in [0.1, 0.15) is 5.78 Å². The van der Waals surface area contributed by atoms with Crippen molar-refractivity contribution < 1.29 is 4.79 Å². The lowest BCUT2D eigenvalue weighted by atomic mass is 9.95. The van der Waals surface area contributed by atoms with Crippen molar-refractivity contribution >= 4 is 5.78 Å². The standard InChI is InChI=1S/C23H26N2O/c1-17(2)20-8-6-19(7-9-20)15-22(26)14-18(3)23-11-10-21(16-24-23)25-12-4-5-13-25/h4-13,16-18H,14-15H2,1-3H3/t18-/m0/s1. The topological polar surface area (TPSA) is 34.9 Å². The van der Waals surface area contributed by atoms with Gasteiger partial charge >= 0.3 is 0 Å².